The van der Waals surface area contributed by atoms with E-state index in [-0.39, 0.29) is 11.8 Å². The van der Waals surface area contributed by atoms with Crippen LogP contribution in [0.15, 0.2) is 6.20 Å². The first-order chi connectivity index (χ1) is 8.58. The fourth-order valence-corrected chi connectivity index (χ4v) is 1.97. The van der Waals surface area contributed by atoms with Crippen molar-refractivity contribution < 1.29 is 4.39 Å². The van der Waals surface area contributed by atoms with E-state index in [0.717, 1.165) is 29.6 Å². The molecule has 3 N–H and O–H groups in total. The molecule has 0 atom stereocenters. The topological polar surface area (TPSA) is 81.7 Å². The number of halogens is 1. The molecule has 0 aliphatic rings. The molecule has 2 rings (SSSR count). The minimum absolute atomic E-state index is 0.0956. The van der Waals surface area contributed by atoms with Crippen LogP contribution in [0, 0.1) is 19.7 Å². The lowest BCUT2D eigenvalue weighted by molar-refractivity contribution is 0.590. The molecule has 0 spiro atoms. The number of hydrogen-bond donors (Lipinski definition) is 2. The first-order valence-corrected chi connectivity index (χ1v) is 5.63. The third-order valence-corrected chi connectivity index (χ3v) is 2.85. The van der Waals surface area contributed by atoms with Crippen LogP contribution < -0.4 is 11.3 Å². The molecular formula is C11H15FN6. The normalized spacial score (nSPS) is 10.7. The van der Waals surface area contributed by atoms with Crippen molar-refractivity contribution in [3.8, 4) is 5.82 Å². The van der Waals surface area contributed by atoms with E-state index in [4.69, 9.17) is 5.84 Å². The quantitative estimate of drug-likeness (QED) is 0.633. The molecule has 0 amide bonds. The van der Waals surface area contributed by atoms with Crippen LogP contribution in [-0.4, -0.2) is 19.7 Å². The van der Waals surface area contributed by atoms with Gasteiger partial charge in [0.15, 0.2) is 11.6 Å². The molecule has 0 saturated heterocycles. The number of hydrazine groups is 1. The summed E-state index contributed by atoms with van der Waals surface area (Å²) in [7, 11) is 0. The fourth-order valence-electron chi connectivity index (χ4n) is 1.97. The van der Waals surface area contributed by atoms with Crippen molar-refractivity contribution in [3.63, 3.8) is 0 Å². The molecule has 0 aliphatic carbocycles. The number of nitrogens with two attached hydrogens (primary N) is 1. The lowest BCUT2D eigenvalue weighted by Crippen LogP contribution is -2.14. The van der Waals surface area contributed by atoms with Gasteiger partial charge in [0.25, 0.3) is 0 Å². The van der Waals surface area contributed by atoms with E-state index in [9.17, 15) is 4.39 Å². The Morgan fingerprint density at radius 2 is 2.17 bits per heavy atom. The van der Waals surface area contributed by atoms with Gasteiger partial charge >= 0.3 is 0 Å². The zero-order valence-corrected chi connectivity index (χ0v) is 10.5. The predicted molar refractivity (Wildman–Crippen MR) is 65.8 cm³/mol. The minimum Gasteiger partial charge on any atom is -0.292 e. The minimum atomic E-state index is -0.540. The second-order valence-corrected chi connectivity index (χ2v) is 3.92. The van der Waals surface area contributed by atoms with E-state index in [1.165, 1.54) is 4.68 Å². The third kappa shape index (κ3) is 1.92. The van der Waals surface area contributed by atoms with Gasteiger partial charge in [0, 0.05) is 5.69 Å². The van der Waals surface area contributed by atoms with E-state index in [0.29, 0.717) is 0 Å². The van der Waals surface area contributed by atoms with Gasteiger partial charge in [0.1, 0.15) is 0 Å². The summed E-state index contributed by atoms with van der Waals surface area (Å²) in [6, 6.07) is 0. The SMILES string of the molecule is CCc1c(C)nn(-c2nc(NN)ncc2F)c1C. The number of nitrogen functional groups attached to an aromatic ring is 1. The highest BCUT2D eigenvalue weighted by Gasteiger charge is 2.16. The molecule has 2 heterocycles. The highest BCUT2D eigenvalue weighted by Crippen LogP contribution is 2.19. The molecule has 0 aromatic carbocycles. The Balaban J connectivity index is 2.61. The van der Waals surface area contributed by atoms with Crippen molar-refractivity contribution in [2.24, 2.45) is 5.84 Å². The molecular weight excluding hydrogens is 235 g/mol. The zero-order valence-electron chi connectivity index (χ0n) is 10.5. The number of rotatable bonds is 3. The summed E-state index contributed by atoms with van der Waals surface area (Å²) in [5.74, 6) is 4.93. The number of aromatic nitrogens is 4. The van der Waals surface area contributed by atoms with Gasteiger partial charge in [0.05, 0.1) is 11.9 Å². The van der Waals surface area contributed by atoms with E-state index in [1.807, 2.05) is 20.8 Å². The second kappa shape index (κ2) is 4.69. The number of nitrogens with one attached hydrogen (secondary N) is 1. The second-order valence-electron chi connectivity index (χ2n) is 3.92. The zero-order chi connectivity index (χ0) is 13.3. The number of aryl methyl sites for hydroxylation is 1. The Morgan fingerprint density at radius 3 is 2.72 bits per heavy atom. The number of hydrogen-bond acceptors (Lipinski definition) is 5. The Hall–Kier alpha value is -2.02. The van der Waals surface area contributed by atoms with E-state index >= 15 is 0 Å². The maximum Gasteiger partial charge on any atom is 0.239 e. The summed E-state index contributed by atoms with van der Waals surface area (Å²) in [5, 5.41) is 4.31. The smallest absolute Gasteiger partial charge is 0.239 e. The first-order valence-electron chi connectivity index (χ1n) is 5.63. The molecule has 7 heteroatoms. The molecule has 96 valence electrons. The summed E-state index contributed by atoms with van der Waals surface area (Å²) < 4.78 is 15.2. The summed E-state index contributed by atoms with van der Waals surface area (Å²) in [5.41, 5.74) is 5.12. The van der Waals surface area contributed by atoms with E-state index in [1.54, 1.807) is 0 Å². The highest BCUT2D eigenvalue weighted by molar-refractivity contribution is 5.36. The maximum atomic E-state index is 13.8. The lowest BCUT2D eigenvalue weighted by atomic mass is 10.1. The van der Waals surface area contributed by atoms with Crippen LogP contribution in [0.5, 0.6) is 0 Å². The molecule has 0 saturated carbocycles. The molecule has 0 bridgehead atoms. The molecule has 18 heavy (non-hydrogen) atoms. The number of anilines is 1. The highest BCUT2D eigenvalue weighted by atomic mass is 19.1. The van der Waals surface area contributed by atoms with Gasteiger partial charge in [-0.25, -0.2) is 19.9 Å². The molecule has 0 fully saturated rings. The Labute approximate surface area is 104 Å². The maximum absolute atomic E-state index is 13.8. The van der Waals surface area contributed by atoms with Crippen LogP contribution >= 0.6 is 0 Å². The molecule has 0 unspecified atom stereocenters. The van der Waals surface area contributed by atoms with Crippen LogP contribution in [0.1, 0.15) is 23.9 Å². The predicted octanol–water partition coefficient (Wildman–Crippen LogP) is 1.27. The average Bonchev–Trinajstić information content (AvgIpc) is 2.65. The van der Waals surface area contributed by atoms with Gasteiger partial charge in [-0.15, -0.1) is 0 Å². The van der Waals surface area contributed by atoms with Crippen molar-refractivity contribution >= 4 is 5.95 Å². The Bertz CT molecular complexity index is 577. The van der Waals surface area contributed by atoms with Crippen LogP contribution in [-0.2, 0) is 6.42 Å². The largest absolute Gasteiger partial charge is 0.292 e. The van der Waals surface area contributed by atoms with Crippen molar-refractivity contribution in [1.82, 2.24) is 19.7 Å². The van der Waals surface area contributed by atoms with Gasteiger partial charge in [0.2, 0.25) is 5.95 Å². The molecule has 0 radical (unpaired) electrons. The van der Waals surface area contributed by atoms with Crippen LogP contribution in [0.2, 0.25) is 0 Å². The van der Waals surface area contributed by atoms with Gasteiger partial charge in [-0.2, -0.15) is 10.1 Å². The summed E-state index contributed by atoms with van der Waals surface area (Å²) >= 11 is 0. The van der Waals surface area contributed by atoms with E-state index in [2.05, 4.69) is 20.5 Å². The van der Waals surface area contributed by atoms with Crippen molar-refractivity contribution in [2.75, 3.05) is 5.43 Å². The van der Waals surface area contributed by atoms with Crippen molar-refractivity contribution in [1.29, 1.82) is 0 Å². The molecule has 6 nitrogen and oxygen atoms in total. The Morgan fingerprint density at radius 1 is 1.44 bits per heavy atom. The fraction of sp³-hybridized carbons (Fsp3) is 0.364. The Kier molecular flexibility index (Phi) is 3.24. The molecule has 2 aromatic rings. The van der Waals surface area contributed by atoms with Crippen molar-refractivity contribution in [3.05, 3.63) is 29.0 Å². The van der Waals surface area contributed by atoms with Gasteiger partial charge < -0.3 is 0 Å². The van der Waals surface area contributed by atoms with Gasteiger partial charge in [-0.05, 0) is 25.8 Å². The first kappa shape index (κ1) is 12.4. The number of nitrogens with zero attached hydrogens (tertiary/aromatic N) is 4. The van der Waals surface area contributed by atoms with Gasteiger partial charge in [-0.3, -0.25) is 5.43 Å². The third-order valence-electron chi connectivity index (χ3n) is 2.85. The van der Waals surface area contributed by atoms with Crippen LogP contribution in [0.4, 0.5) is 10.3 Å². The van der Waals surface area contributed by atoms with Crippen molar-refractivity contribution in [2.45, 2.75) is 27.2 Å². The summed E-state index contributed by atoms with van der Waals surface area (Å²) in [4.78, 5) is 7.69. The summed E-state index contributed by atoms with van der Waals surface area (Å²) in [6.45, 7) is 5.81. The lowest BCUT2D eigenvalue weighted by Gasteiger charge is -2.06. The molecule has 0 aliphatic heterocycles. The average molecular weight is 250 g/mol. The monoisotopic (exact) mass is 250 g/mol. The van der Waals surface area contributed by atoms with Gasteiger partial charge in [-0.1, -0.05) is 6.92 Å². The van der Waals surface area contributed by atoms with Crippen LogP contribution in [0.25, 0.3) is 5.82 Å². The summed E-state index contributed by atoms with van der Waals surface area (Å²) in [6.07, 6.45) is 1.91. The van der Waals surface area contributed by atoms with E-state index < -0.39 is 5.82 Å². The van der Waals surface area contributed by atoms with Crippen LogP contribution in [0.3, 0.4) is 0 Å². The molecule has 2 aromatic heterocycles. The standard InChI is InChI=1S/C11H15FN6/c1-4-8-6(2)17-18(7(8)3)10-9(12)5-14-11(15-10)16-13/h5H,4,13H2,1-3H3,(H,14,15,16).